The van der Waals surface area contributed by atoms with Crippen LogP contribution in [0.1, 0.15) is 74.6 Å². The van der Waals surface area contributed by atoms with E-state index in [1.54, 1.807) is 7.11 Å². The topological polar surface area (TPSA) is 44.8 Å². The van der Waals surface area contributed by atoms with Gasteiger partial charge in [0.1, 0.15) is 12.9 Å². The Kier molecular flexibility index (Phi) is 6.66. The molecule has 4 aliphatic carbocycles. The van der Waals surface area contributed by atoms with Gasteiger partial charge in [0, 0.05) is 7.11 Å². The second-order valence-electron chi connectivity index (χ2n) is 10.5. The summed E-state index contributed by atoms with van der Waals surface area (Å²) in [7, 11) is 1.71. The minimum absolute atomic E-state index is 0.107. The molecule has 4 heteroatoms. The summed E-state index contributed by atoms with van der Waals surface area (Å²) in [4.78, 5) is 12.5. The number of carbonyl (C=O) groups excluding carboxylic acids is 1. The van der Waals surface area contributed by atoms with E-state index < -0.39 is 0 Å². The van der Waals surface area contributed by atoms with Crippen LogP contribution in [0.2, 0.25) is 0 Å². The molecule has 4 fully saturated rings. The van der Waals surface area contributed by atoms with Gasteiger partial charge in [-0.05, 0) is 112 Å². The third-order valence-electron chi connectivity index (χ3n) is 9.08. The molecule has 0 saturated heterocycles. The van der Waals surface area contributed by atoms with Gasteiger partial charge in [-0.1, -0.05) is 18.2 Å². The standard InChI is InChI=1S/C27H38O4/c1-29-17-30-21-9-13-23-19(15-21)7-11-26-24-14-10-22(16-20(24)8-12-25(23)26)31-27(28)18-5-3-2-4-6-18/h2-6,19-26H,7-17H2,1H3/t19-,20-,21-,22+,23+,24-,25-,26+/m1/s1. The summed E-state index contributed by atoms with van der Waals surface area (Å²) >= 11 is 0. The van der Waals surface area contributed by atoms with Gasteiger partial charge in [-0.25, -0.2) is 4.79 Å². The smallest absolute Gasteiger partial charge is 0.338 e. The maximum Gasteiger partial charge on any atom is 0.338 e. The Balaban J connectivity index is 1.16. The van der Waals surface area contributed by atoms with E-state index in [9.17, 15) is 4.79 Å². The molecular formula is C27H38O4. The van der Waals surface area contributed by atoms with Crippen molar-refractivity contribution in [2.24, 2.45) is 35.5 Å². The molecule has 0 amide bonds. The van der Waals surface area contributed by atoms with Crippen LogP contribution in [0.3, 0.4) is 0 Å². The Morgan fingerprint density at radius 1 is 0.774 bits per heavy atom. The van der Waals surface area contributed by atoms with E-state index in [1.807, 2.05) is 30.3 Å². The van der Waals surface area contributed by atoms with Crippen LogP contribution in [0, 0.1) is 35.5 Å². The average Bonchev–Trinajstić information content (AvgIpc) is 2.82. The van der Waals surface area contributed by atoms with Crippen molar-refractivity contribution in [1.29, 1.82) is 0 Å². The lowest BCUT2D eigenvalue weighted by Gasteiger charge is -2.55. The lowest BCUT2D eigenvalue weighted by molar-refractivity contribution is -0.119. The monoisotopic (exact) mass is 426 g/mol. The van der Waals surface area contributed by atoms with Crippen LogP contribution in [0.15, 0.2) is 30.3 Å². The molecule has 0 unspecified atom stereocenters. The highest BCUT2D eigenvalue weighted by atomic mass is 16.7. The lowest BCUT2D eigenvalue weighted by atomic mass is 9.51. The van der Waals surface area contributed by atoms with Gasteiger partial charge < -0.3 is 14.2 Å². The highest BCUT2D eigenvalue weighted by molar-refractivity contribution is 5.89. The molecular weight excluding hydrogens is 388 g/mol. The maximum atomic E-state index is 12.5. The second kappa shape index (κ2) is 9.62. The molecule has 0 heterocycles. The first-order valence-corrected chi connectivity index (χ1v) is 12.6. The van der Waals surface area contributed by atoms with E-state index in [4.69, 9.17) is 14.2 Å². The molecule has 0 bridgehead atoms. The van der Waals surface area contributed by atoms with Crippen molar-refractivity contribution in [2.75, 3.05) is 13.9 Å². The Bertz CT molecular complexity index is 734. The normalized spacial score (nSPS) is 39.6. The van der Waals surface area contributed by atoms with E-state index in [2.05, 4.69) is 0 Å². The molecule has 0 aliphatic heterocycles. The molecule has 0 spiro atoms. The summed E-state index contributed by atoms with van der Waals surface area (Å²) in [6.07, 6.45) is 13.2. The highest BCUT2D eigenvalue weighted by Gasteiger charge is 2.50. The van der Waals surface area contributed by atoms with E-state index in [0.717, 1.165) is 48.3 Å². The fourth-order valence-electron chi connectivity index (χ4n) is 7.80. The van der Waals surface area contributed by atoms with Crippen molar-refractivity contribution in [3.05, 3.63) is 35.9 Å². The number of hydrogen-bond donors (Lipinski definition) is 0. The Morgan fingerprint density at radius 2 is 1.35 bits per heavy atom. The predicted octanol–water partition coefficient (Wildman–Crippen LogP) is 5.85. The number of esters is 1. The Morgan fingerprint density at radius 3 is 2.00 bits per heavy atom. The highest BCUT2D eigenvalue weighted by Crippen LogP contribution is 2.57. The van der Waals surface area contributed by atoms with E-state index in [-0.39, 0.29) is 12.1 Å². The van der Waals surface area contributed by atoms with Gasteiger partial charge >= 0.3 is 5.97 Å². The summed E-state index contributed by atoms with van der Waals surface area (Å²) in [6, 6.07) is 9.46. The van der Waals surface area contributed by atoms with Crippen LogP contribution in [0.25, 0.3) is 0 Å². The quantitative estimate of drug-likeness (QED) is 0.437. The van der Waals surface area contributed by atoms with Gasteiger partial charge in [0.2, 0.25) is 0 Å². The van der Waals surface area contributed by atoms with E-state index in [1.165, 1.54) is 51.4 Å². The fraction of sp³-hybridized carbons (Fsp3) is 0.741. The molecule has 4 nitrogen and oxygen atoms in total. The van der Waals surface area contributed by atoms with E-state index in [0.29, 0.717) is 18.5 Å². The van der Waals surface area contributed by atoms with Crippen LogP contribution in [-0.2, 0) is 14.2 Å². The minimum Gasteiger partial charge on any atom is -0.459 e. The van der Waals surface area contributed by atoms with E-state index >= 15 is 0 Å². The van der Waals surface area contributed by atoms with Crippen molar-refractivity contribution in [3.8, 4) is 0 Å². The summed E-state index contributed by atoms with van der Waals surface area (Å²) < 4.78 is 17.0. The van der Waals surface area contributed by atoms with Crippen LogP contribution in [0.5, 0.6) is 0 Å². The molecule has 0 aromatic heterocycles. The molecule has 0 radical (unpaired) electrons. The third kappa shape index (κ3) is 4.57. The molecule has 170 valence electrons. The summed E-state index contributed by atoms with van der Waals surface area (Å²) in [5.41, 5.74) is 0.678. The van der Waals surface area contributed by atoms with Crippen molar-refractivity contribution >= 4 is 5.97 Å². The zero-order chi connectivity index (χ0) is 21.2. The number of carbonyl (C=O) groups is 1. The lowest BCUT2D eigenvalue weighted by Crippen LogP contribution is -2.48. The predicted molar refractivity (Wildman–Crippen MR) is 120 cm³/mol. The first-order chi connectivity index (χ1) is 15.2. The van der Waals surface area contributed by atoms with Crippen LogP contribution in [0.4, 0.5) is 0 Å². The first kappa shape index (κ1) is 21.5. The molecule has 1 aromatic rings. The van der Waals surface area contributed by atoms with Crippen molar-refractivity contribution in [2.45, 2.75) is 76.4 Å². The molecule has 0 N–H and O–H groups in total. The van der Waals surface area contributed by atoms with Crippen LogP contribution >= 0.6 is 0 Å². The number of ether oxygens (including phenoxy) is 3. The molecule has 4 aliphatic rings. The maximum absolute atomic E-state index is 12.5. The number of fused-ring (bicyclic) bond motifs is 5. The average molecular weight is 427 g/mol. The van der Waals surface area contributed by atoms with Crippen LogP contribution < -0.4 is 0 Å². The van der Waals surface area contributed by atoms with Gasteiger partial charge in [0.25, 0.3) is 0 Å². The number of benzene rings is 1. The third-order valence-corrected chi connectivity index (χ3v) is 9.08. The van der Waals surface area contributed by atoms with Crippen molar-refractivity contribution in [1.82, 2.24) is 0 Å². The molecule has 8 atom stereocenters. The van der Waals surface area contributed by atoms with Gasteiger partial charge in [0.05, 0.1) is 11.7 Å². The summed E-state index contributed by atoms with van der Waals surface area (Å²) in [5.74, 6) is 5.06. The molecule has 31 heavy (non-hydrogen) atoms. The number of rotatable bonds is 5. The van der Waals surface area contributed by atoms with Gasteiger partial charge in [0.15, 0.2) is 0 Å². The zero-order valence-electron chi connectivity index (χ0n) is 18.9. The number of methoxy groups -OCH3 is 1. The van der Waals surface area contributed by atoms with Gasteiger partial charge in [-0.3, -0.25) is 0 Å². The number of hydrogen-bond acceptors (Lipinski definition) is 4. The summed E-state index contributed by atoms with van der Waals surface area (Å²) in [5, 5.41) is 0. The molecule has 4 saturated carbocycles. The minimum atomic E-state index is -0.148. The molecule has 1 aromatic carbocycles. The van der Waals surface area contributed by atoms with Gasteiger partial charge in [-0.2, -0.15) is 0 Å². The van der Waals surface area contributed by atoms with Crippen LogP contribution in [-0.4, -0.2) is 32.1 Å². The second-order valence-corrected chi connectivity index (χ2v) is 10.5. The van der Waals surface area contributed by atoms with Crippen molar-refractivity contribution < 1.29 is 19.0 Å². The Hall–Kier alpha value is -1.39. The Labute approximate surface area is 187 Å². The van der Waals surface area contributed by atoms with Crippen molar-refractivity contribution in [3.63, 3.8) is 0 Å². The fourth-order valence-corrected chi connectivity index (χ4v) is 7.80. The van der Waals surface area contributed by atoms with Gasteiger partial charge in [-0.15, -0.1) is 0 Å². The molecule has 5 rings (SSSR count). The zero-order valence-corrected chi connectivity index (χ0v) is 18.9. The summed E-state index contributed by atoms with van der Waals surface area (Å²) in [6.45, 7) is 0.438. The first-order valence-electron chi connectivity index (χ1n) is 12.6. The largest absolute Gasteiger partial charge is 0.459 e. The SMILES string of the molecule is COCO[C@@H]1CC[C@H]2[C@H](CC[C@@H]3[C@@H]2CC[C@@H]2C[C@@H](OC(=O)c4ccccc4)CC[C@H]23)C1.